The highest BCUT2D eigenvalue weighted by atomic mass is 16.5. The van der Waals surface area contributed by atoms with Crippen molar-refractivity contribution in [1.82, 2.24) is 10.3 Å². The minimum Gasteiger partial charge on any atom is -0.493 e. The average molecular weight is 345 g/mol. The number of nitrogens with zero attached hydrogens (tertiary/aromatic N) is 2. The van der Waals surface area contributed by atoms with Crippen molar-refractivity contribution in [3.05, 3.63) is 71.6 Å². The van der Waals surface area contributed by atoms with Gasteiger partial charge in [-0.05, 0) is 35.4 Å². The molecule has 1 unspecified atom stereocenters. The van der Waals surface area contributed by atoms with Crippen LogP contribution in [0.4, 0.5) is 0 Å². The summed E-state index contributed by atoms with van der Waals surface area (Å²) < 4.78 is 11.4. The highest BCUT2D eigenvalue weighted by molar-refractivity contribution is 5.52. The Bertz CT molecular complexity index is 928. The molecule has 1 aliphatic rings. The van der Waals surface area contributed by atoms with E-state index in [4.69, 9.17) is 14.4 Å². The molecule has 0 saturated carbocycles. The van der Waals surface area contributed by atoms with Crippen molar-refractivity contribution in [3.63, 3.8) is 0 Å². The molecular formula is C21H19N3O2. The Balaban J connectivity index is 1.36. The van der Waals surface area contributed by atoms with Gasteiger partial charge in [0.25, 0.3) is 0 Å². The van der Waals surface area contributed by atoms with Crippen LogP contribution in [0.25, 0.3) is 11.5 Å². The first-order valence-electron chi connectivity index (χ1n) is 8.69. The molecule has 26 heavy (non-hydrogen) atoms. The molecule has 2 heterocycles. The number of rotatable bonds is 5. The molecule has 4 rings (SSSR count). The van der Waals surface area contributed by atoms with Crippen LogP contribution in [-0.4, -0.2) is 17.6 Å². The summed E-state index contributed by atoms with van der Waals surface area (Å²) in [6, 6.07) is 18.1. The number of aromatic nitrogens is 1. The van der Waals surface area contributed by atoms with Gasteiger partial charge in [0.05, 0.1) is 24.4 Å². The normalized spacial score (nSPS) is 15.9. The van der Waals surface area contributed by atoms with Crippen LogP contribution in [0.15, 0.2) is 59.2 Å². The van der Waals surface area contributed by atoms with E-state index >= 15 is 0 Å². The van der Waals surface area contributed by atoms with Gasteiger partial charge in [0, 0.05) is 24.9 Å². The Hall–Kier alpha value is -3.10. The lowest BCUT2D eigenvalue weighted by Crippen LogP contribution is -2.34. The number of hydrogen-bond acceptors (Lipinski definition) is 5. The van der Waals surface area contributed by atoms with Crippen LogP contribution >= 0.6 is 0 Å². The average Bonchev–Trinajstić information content (AvgIpc) is 3.17. The van der Waals surface area contributed by atoms with E-state index in [1.807, 2.05) is 42.5 Å². The molecule has 0 amide bonds. The second kappa shape index (κ2) is 7.42. The lowest BCUT2D eigenvalue weighted by Gasteiger charge is -2.21. The summed E-state index contributed by atoms with van der Waals surface area (Å²) in [5.74, 6) is 1.46. The van der Waals surface area contributed by atoms with Crippen molar-refractivity contribution < 1.29 is 9.15 Å². The van der Waals surface area contributed by atoms with E-state index in [0.29, 0.717) is 25.3 Å². The van der Waals surface area contributed by atoms with Gasteiger partial charge < -0.3 is 9.15 Å². The van der Waals surface area contributed by atoms with Gasteiger partial charge in [-0.15, -0.1) is 0 Å². The van der Waals surface area contributed by atoms with E-state index < -0.39 is 0 Å². The Morgan fingerprint density at radius 3 is 2.92 bits per heavy atom. The van der Waals surface area contributed by atoms with E-state index in [1.165, 1.54) is 11.1 Å². The number of ether oxygens (including phenoxy) is 1. The van der Waals surface area contributed by atoms with Gasteiger partial charge in [-0.25, -0.2) is 4.98 Å². The predicted molar refractivity (Wildman–Crippen MR) is 97.5 cm³/mol. The van der Waals surface area contributed by atoms with Crippen LogP contribution in [0.5, 0.6) is 5.75 Å². The number of nitrogens with one attached hydrogen (secondary N) is 1. The molecule has 0 spiro atoms. The van der Waals surface area contributed by atoms with Gasteiger partial charge in [0.1, 0.15) is 12.0 Å². The zero-order chi connectivity index (χ0) is 17.8. The Morgan fingerprint density at radius 1 is 1.19 bits per heavy atom. The lowest BCUT2D eigenvalue weighted by molar-refractivity contribution is 0.319. The molecular weight excluding hydrogens is 326 g/mol. The number of oxazole rings is 1. The van der Waals surface area contributed by atoms with Gasteiger partial charge in [0.15, 0.2) is 0 Å². The van der Waals surface area contributed by atoms with E-state index in [-0.39, 0.29) is 6.04 Å². The summed E-state index contributed by atoms with van der Waals surface area (Å²) in [5, 5.41) is 12.3. The minimum atomic E-state index is -0.121. The summed E-state index contributed by atoms with van der Waals surface area (Å²) in [6.45, 7) is 1.26. The SMILES string of the molecule is N#CC1Cc2cc(OCCc3coc(-c4ccccc4)n3)ccc2CN1. The van der Waals surface area contributed by atoms with E-state index in [2.05, 4.69) is 22.4 Å². The zero-order valence-corrected chi connectivity index (χ0v) is 14.3. The maximum Gasteiger partial charge on any atom is 0.226 e. The first-order chi connectivity index (χ1) is 12.8. The molecule has 130 valence electrons. The zero-order valence-electron chi connectivity index (χ0n) is 14.3. The minimum absolute atomic E-state index is 0.121. The molecule has 0 bridgehead atoms. The van der Waals surface area contributed by atoms with Crippen molar-refractivity contribution >= 4 is 0 Å². The molecule has 1 N–H and O–H groups in total. The molecule has 0 saturated heterocycles. The first-order valence-corrected chi connectivity index (χ1v) is 8.69. The quantitative estimate of drug-likeness (QED) is 0.766. The molecule has 0 aliphatic carbocycles. The van der Waals surface area contributed by atoms with E-state index in [1.54, 1.807) is 6.26 Å². The highest BCUT2D eigenvalue weighted by Gasteiger charge is 2.17. The van der Waals surface area contributed by atoms with Gasteiger partial charge in [-0.1, -0.05) is 24.3 Å². The van der Waals surface area contributed by atoms with Gasteiger partial charge in [-0.2, -0.15) is 5.26 Å². The summed E-state index contributed by atoms with van der Waals surface area (Å²) >= 11 is 0. The highest BCUT2D eigenvalue weighted by Crippen LogP contribution is 2.23. The smallest absolute Gasteiger partial charge is 0.226 e. The predicted octanol–water partition coefficient (Wildman–Crippen LogP) is 3.50. The molecule has 0 radical (unpaired) electrons. The van der Waals surface area contributed by atoms with Gasteiger partial charge in [-0.3, -0.25) is 5.32 Å². The Morgan fingerprint density at radius 2 is 2.08 bits per heavy atom. The Kier molecular flexibility index (Phi) is 4.67. The number of benzene rings is 2. The third kappa shape index (κ3) is 3.61. The summed E-state index contributed by atoms with van der Waals surface area (Å²) in [6.07, 6.45) is 3.07. The molecule has 1 atom stereocenters. The summed E-state index contributed by atoms with van der Waals surface area (Å²) in [7, 11) is 0. The fraction of sp³-hybridized carbons (Fsp3) is 0.238. The molecule has 2 aromatic carbocycles. The van der Waals surface area contributed by atoms with Crippen molar-refractivity contribution in [2.45, 2.75) is 25.4 Å². The van der Waals surface area contributed by atoms with Crippen molar-refractivity contribution in [1.29, 1.82) is 5.26 Å². The monoisotopic (exact) mass is 345 g/mol. The van der Waals surface area contributed by atoms with Crippen molar-refractivity contribution in [3.8, 4) is 23.3 Å². The van der Waals surface area contributed by atoms with Crippen molar-refractivity contribution in [2.24, 2.45) is 0 Å². The fourth-order valence-electron chi connectivity index (χ4n) is 3.08. The second-order valence-electron chi connectivity index (χ2n) is 6.31. The maximum atomic E-state index is 9.08. The molecule has 5 heteroatoms. The molecule has 0 fully saturated rings. The molecule has 3 aromatic rings. The lowest BCUT2D eigenvalue weighted by atomic mass is 9.96. The molecule has 5 nitrogen and oxygen atoms in total. The van der Waals surface area contributed by atoms with Crippen LogP contribution in [0, 0.1) is 11.3 Å². The van der Waals surface area contributed by atoms with Gasteiger partial charge in [0.2, 0.25) is 5.89 Å². The topological polar surface area (TPSA) is 71.1 Å². The largest absolute Gasteiger partial charge is 0.493 e. The molecule has 1 aliphatic heterocycles. The Labute approximate surface area is 152 Å². The summed E-state index contributed by atoms with van der Waals surface area (Å²) in [5.41, 5.74) is 4.25. The number of nitriles is 1. The van der Waals surface area contributed by atoms with Crippen LogP contribution in [-0.2, 0) is 19.4 Å². The third-order valence-electron chi connectivity index (χ3n) is 4.50. The third-order valence-corrected chi connectivity index (χ3v) is 4.50. The van der Waals surface area contributed by atoms with Crippen LogP contribution < -0.4 is 10.1 Å². The maximum absolute atomic E-state index is 9.08. The van der Waals surface area contributed by atoms with Crippen LogP contribution in [0.3, 0.4) is 0 Å². The number of fused-ring (bicyclic) bond motifs is 1. The van der Waals surface area contributed by atoms with Crippen LogP contribution in [0.2, 0.25) is 0 Å². The number of hydrogen-bond donors (Lipinski definition) is 1. The summed E-state index contributed by atoms with van der Waals surface area (Å²) in [4.78, 5) is 4.51. The van der Waals surface area contributed by atoms with E-state index in [9.17, 15) is 0 Å². The first kappa shape index (κ1) is 16.4. The molecule has 1 aromatic heterocycles. The van der Waals surface area contributed by atoms with E-state index in [0.717, 1.165) is 23.6 Å². The van der Waals surface area contributed by atoms with Crippen molar-refractivity contribution in [2.75, 3.05) is 6.61 Å². The second-order valence-corrected chi connectivity index (χ2v) is 6.31. The van der Waals surface area contributed by atoms with Gasteiger partial charge >= 0.3 is 0 Å². The standard InChI is InChI=1S/C21H19N3O2/c22-12-19-10-17-11-20(7-6-16(17)13-23-19)25-9-8-18-14-26-21(24-18)15-4-2-1-3-5-15/h1-7,11,14,19,23H,8-10,13H2. The fourth-order valence-corrected chi connectivity index (χ4v) is 3.08. The van der Waals surface area contributed by atoms with Crippen LogP contribution in [0.1, 0.15) is 16.8 Å².